The first-order valence-electron chi connectivity index (χ1n) is 8.72. The lowest BCUT2D eigenvalue weighted by molar-refractivity contribution is 0.104. The van der Waals surface area contributed by atoms with Gasteiger partial charge in [-0.05, 0) is 55.0 Å². The monoisotopic (exact) mass is 369 g/mol. The van der Waals surface area contributed by atoms with Crippen molar-refractivity contribution in [1.29, 1.82) is 0 Å². The summed E-state index contributed by atoms with van der Waals surface area (Å²) in [7, 11) is 3.44. The van der Waals surface area contributed by atoms with Crippen LogP contribution in [0.25, 0.3) is 11.6 Å². The quantitative estimate of drug-likeness (QED) is 0.601. The van der Waals surface area contributed by atoms with Crippen LogP contribution in [0.1, 0.15) is 33.7 Å². The predicted molar refractivity (Wildman–Crippen MR) is 103 cm³/mol. The average Bonchev–Trinajstić information content (AvgIpc) is 3.19. The standard InChI is InChI=1S/C21H23NO5/c1-22-9-7-14(8-10-22)19-15(13-23)12-18(26-2)20(21(19)25)17(24)6-5-16-4-3-11-27-16/h3-7,11-12,23,25H,8-10,13H2,1-2H3. The van der Waals surface area contributed by atoms with Gasteiger partial charge in [-0.3, -0.25) is 4.79 Å². The molecule has 0 saturated carbocycles. The van der Waals surface area contributed by atoms with Gasteiger partial charge in [-0.2, -0.15) is 0 Å². The number of nitrogens with zero attached hydrogens (tertiary/aromatic N) is 1. The van der Waals surface area contributed by atoms with Crippen molar-refractivity contribution in [2.45, 2.75) is 13.0 Å². The van der Waals surface area contributed by atoms with Crippen LogP contribution in [0.2, 0.25) is 0 Å². The van der Waals surface area contributed by atoms with Gasteiger partial charge in [0, 0.05) is 18.7 Å². The number of benzene rings is 1. The van der Waals surface area contributed by atoms with Gasteiger partial charge in [0.1, 0.15) is 22.8 Å². The highest BCUT2D eigenvalue weighted by molar-refractivity contribution is 6.11. The maximum Gasteiger partial charge on any atom is 0.193 e. The molecule has 0 spiro atoms. The first-order chi connectivity index (χ1) is 13.0. The van der Waals surface area contributed by atoms with Crippen molar-refractivity contribution in [3.8, 4) is 11.5 Å². The molecule has 27 heavy (non-hydrogen) atoms. The molecule has 0 aliphatic carbocycles. The number of furan rings is 1. The minimum atomic E-state index is -0.403. The Morgan fingerprint density at radius 3 is 2.85 bits per heavy atom. The number of ether oxygens (including phenoxy) is 1. The van der Waals surface area contributed by atoms with Gasteiger partial charge in [0.15, 0.2) is 5.78 Å². The summed E-state index contributed by atoms with van der Waals surface area (Å²) in [5, 5.41) is 20.7. The van der Waals surface area contributed by atoms with Crippen molar-refractivity contribution < 1.29 is 24.2 Å². The Bertz CT molecular complexity index is 880. The number of phenolic OH excluding ortho intramolecular Hbond substituents is 1. The van der Waals surface area contributed by atoms with Crippen LogP contribution in [-0.4, -0.2) is 48.1 Å². The van der Waals surface area contributed by atoms with Crippen molar-refractivity contribution >= 4 is 17.4 Å². The van der Waals surface area contributed by atoms with Crippen LogP contribution >= 0.6 is 0 Å². The van der Waals surface area contributed by atoms with E-state index >= 15 is 0 Å². The Kier molecular flexibility index (Phi) is 5.78. The lowest BCUT2D eigenvalue weighted by Crippen LogP contribution is -2.24. The zero-order valence-corrected chi connectivity index (χ0v) is 15.4. The minimum Gasteiger partial charge on any atom is -0.506 e. The smallest absolute Gasteiger partial charge is 0.193 e. The summed E-state index contributed by atoms with van der Waals surface area (Å²) in [6, 6.07) is 5.07. The number of ketones is 1. The lowest BCUT2D eigenvalue weighted by atomic mass is 9.90. The van der Waals surface area contributed by atoms with Crippen LogP contribution in [0.4, 0.5) is 0 Å². The molecule has 0 atom stereocenters. The van der Waals surface area contributed by atoms with Crippen LogP contribution < -0.4 is 4.74 Å². The predicted octanol–water partition coefficient (Wildman–Crippen LogP) is 3.10. The summed E-state index contributed by atoms with van der Waals surface area (Å²) in [6.45, 7) is 1.32. The molecule has 2 aromatic rings. The van der Waals surface area contributed by atoms with E-state index in [1.807, 2.05) is 13.1 Å². The molecule has 0 unspecified atom stereocenters. The molecule has 6 nitrogen and oxygen atoms in total. The van der Waals surface area contributed by atoms with E-state index in [1.165, 1.54) is 25.5 Å². The third-order valence-corrected chi connectivity index (χ3v) is 4.66. The zero-order valence-electron chi connectivity index (χ0n) is 15.4. The summed E-state index contributed by atoms with van der Waals surface area (Å²) in [6.07, 6.45) is 7.12. The number of aliphatic hydroxyl groups is 1. The maximum atomic E-state index is 12.8. The highest BCUT2D eigenvalue weighted by atomic mass is 16.5. The number of aromatic hydroxyl groups is 1. The van der Waals surface area contributed by atoms with E-state index in [1.54, 1.807) is 18.2 Å². The summed E-state index contributed by atoms with van der Waals surface area (Å²) in [4.78, 5) is 14.9. The molecule has 0 amide bonds. The van der Waals surface area contributed by atoms with Crippen molar-refractivity contribution in [2.24, 2.45) is 0 Å². The highest BCUT2D eigenvalue weighted by Crippen LogP contribution is 2.40. The van der Waals surface area contributed by atoms with Gasteiger partial charge >= 0.3 is 0 Å². The molecule has 0 radical (unpaired) electrons. The Hall–Kier alpha value is -2.83. The molecular weight excluding hydrogens is 346 g/mol. The Morgan fingerprint density at radius 1 is 1.44 bits per heavy atom. The summed E-state index contributed by atoms with van der Waals surface area (Å²) in [5.41, 5.74) is 2.04. The molecule has 6 heteroatoms. The number of aliphatic hydroxyl groups excluding tert-OH is 1. The van der Waals surface area contributed by atoms with Gasteiger partial charge in [-0.25, -0.2) is 0 Å². The van der Waals surface area contributed by atoms with E-state index in [4.69, 9.17) is 9.15 Å². The van der Waals surface area contributed by atoms with E-state index in [9.17, 15) is 15.0 Å². The number of rotatable bonds is 6. The van der Waals surface area contributed by atoms with Crippen LogP contribution in [0.5, 0.6) is 11.5 Å². The van der Waals surface area contributed by atoms with Gasteiger partial charge < -0.3 is 24.3 Å². The number of methoxy groups -OCH3 is 1. The van der Waals surface area contributed by atoms with E-state index < -0.39 is 5.78 Å². The summed E-state index contributed by atoms with van der Waals surface area (Å²) >= 11 is 0. The van der Waals surface area contributed by atoms with Crippen molar-refractivity contribution in [3.05, 3.63) is 59.1 Å². The fourth-order valence-electron chi connectivity index (χ4n) is 3.20. The molecule has 1 aromatic heterocycles. The van der Waals surface area contributed by atoms with Crippen molar-refractivity contribution in [3.63, 3.8) is 0 Å². The van der Waals surface area contributed by atoms with Crippen LogP contribution in [0.3, 0.4) is 0 Å². The Balaban J connectivity index is 2.07. The number of carbonyl (C=O) groups excluding carboxylic acids is 1. The normalized spacial score (nSPS) is 15.1. The molecule has 142 valence electrons. The average molecular weight is 369 g/mol. The molecule has 3 rings (SSSR count). The molecule has 1 aliphatic rings. The lowest BCUT2D eigenvalue weighted by Gasteiger charge is -2.25. The second kappa shape index (κ2) is 8.24. The second-order valence-electron chi connectivity index (χ2n) is 6.45. The number of carbonyl (C=O) groups is 1. The Morgan fingerprint density at radius 2 is 2.26 bits per heavy atom. The third-order valence-electron chi connectivity index (χ3n) is 4.66. The molecular formula is C21H23NO5. The van der Waals surface area contributed by atoms with Gasteiger partial charge in [0.25, 0.3) is 0 Å². The van der Waals surface area contributed by atoms with Gasteiger partial charge in [0.2, 0.25) is 0 Å². The fourth-order valence-corrected chi connectivity index (χ4v) is 3.20. The molecule has 1 aliphatic heterocycles. The first kappa shape index (κ1) is 18.9. The molecule has 1 aromatic carbocycles. The SMILES string of the molecule is COc1cc(CO)c(C2=CCN(C)CC2)c(O)c1C(=O)C=Cc1ccco1. The van der Waals surface area contributed by atoms with E-state index in [0.717, 1.165) is 25.1 Å². The molecule has 2 heterocycles. The van der Waals surface area contributed by atoms with Crippen LogP contribution in [-0.2, 0) is 6.61 Å². The zero-order chi connectivity index (χ0) is 19.4. The Labute approximate surface area is 158 Å². The molecule has 0 bridgehead atoms. The topological polar surface area (TPSA) is 83.1 Å². The number of likely N-dealkylation sites (N-methyl/N-ethyl adjacent to an activating group) is 1. The largest absolute Gasteiger partial charge is 0.506 e. The number of hydrogen-bond acceptors (Lipinski definition) is 6. The highest BCUT2D eigenvalue weighted by Gasteiger charge is 2.25. The third kappa shape index (κ3) is 3.97. The van der Waals surface area contributed by atoms with Gasteiger partial charge in [-0.15, -0.1) is 0 Å². The van der Waals surface area contributed by atoms with Crippen molar-refractivity contribution in [1.82, 2.24) is 4.90 Å². The van der Waals surface area contributed by atoms with E-state index in [0.29, 0.717) is 16.9 Å². The molecule has 0 fully saturated rings. The fraction of sp³-hybridized carbons (Fsp3) is 0.286. The van der Waals surface area contributed by atoms with Crippen molar-refractivity contribution in [2.75, 3.05) is 27.2 Å². The summed E-state index contributed by atoms with van der Waals surface area (Å²) < 4.78 is 10.5. The van der Waals surface area contributed by atoms with Crippen LogP contribution in [0.15, 0.2) is 41.0 Å². The minimum absolute atomic E-state index is 0.0762. The van der Waals surface area contributed by atoms with E-state index in [-0.39, 0.29) is 23.7 Å². The second-order valence-corrected chi connectivity index (χ2v) is 6.45. The summed E-state index contributed by atoms with van der Waals surface area (Å²) in [5.74, 6) is 0.193. The number of phenols is 1. The molecule has 2 N–H and O–H groups in total. The van der Waals surface area contributed by atoms with Crippen LogP contribution in [0, 0.1) is 0 Å². The van der Waals surface area contributed by atoms with Gasteiger partial charge in [-0.1, -0.05) is 6.08 Å². The number of allylic oxidation sites excluding steroid dienone is 1. The first-order valence-corrected chi connectivity index (χ1v) is 8.72. The maximum absolute atomic E-state index is 12.8. The molecule has 0 saturated heterocycles. The van der Waals surface area contributed by atoms with E-state index in [2.05, 4.69) is 4.90 Å². The number of hydrogen-bond donors (Lipinski definition) is 2. The van der Waals surface area contributed by atoms with Gasteiger partial charge in [0.05, 0.1) is 20.0 Å².